The van der Waals surface area contributed by atoms with Gasteiger partial charge in [-0.05, 0) is 57.2 Å². The third-order valence-corrected chi connectivity index (χ3v) is 5.44. The monoisotopic (exact) mass is 371 g/mol. The van der Waals surface area contributed by atoms with Crippen molar-refractivity contribution in [1.29, 1.82) is 0 Å². The van der Waals surface area contributed by atoms with E-state index >= 15 is 0 Å². The van der Waals surface area contributed by atoms with E-state index in [1.165, 1.54) is 12.8 Å². The molecule has 0 atom stereocenters. The maximum absolute atomic E-state index is 12.7. The summed E-state index contributed by atoms with van der Waals surface area (Å²) in [6, 6.07) is 6.24. The number of ether oxygens (including phenoxy) is 1. The standard InChI is InChI=1S/C21H29N3O3/c1-21(2,3)27-20(26)23-10-8-22(9-11-23)17-7-6-16-14-24(13-15-4-5-15)19(25)18(16)12-17/h6-7,12,15H,4-5,8-11,13-14H2,1-3H3. The first-order valence-electron chi connectivity index (χ1n) is 9.95. The third kappa shape index (κ3) is 4.04. The Morgan fingerprint density at radius 2 is 1.85 bits per heavy atom. The van der Waals surface area contributed by atoms with Gasteiger partial charge in [-0.15, -0.1) is 0 Å². The number of hydrogen-bond acceptors (Lipinski definition) is 4. The van der Waals surface area contributed by atoms with Crippen LogP contribution in [0.5, 0.6) is 0 Å². The van der Waals surface area contributed by atoms with Gasteiger partial charge in [0.05, 0.1) is 0 Å². The number of hydrogen-bond donors (Lipinski definition) is 0. The predicted octanol–water partition coefficient (Wildman–Crippen LogP) is 3.11. The third-order valence-electron chi connectivity index (χ3n) is 5.44. The molecule has 2 heterocycles. The number of carbonyl (C=O) groups excluding carboxylic acids is 2. The van der Waals surface area contributed by atoms with E-state index in [0.29, 0.717) is 19.0 Å². The summed E-state index contributed by atoms with van der Waals surface area (Å²) in [5, 5.41) is 0. The lowest BCUT2D eigenvalue weighted by atomic mass is 10.1. The van der Waals surface area contributed by atoms with Crippen LogP contribution in [0.3, 0.4) is 0 Å². The highest BCUT2D eigenvalue weighted by Crippen LogP contribution is 2.34. The lowest BCUT2D eigenvalue weighted by Gasteiger charge is -2.36. The van der Waals surface area contributed by atoms with Crippen LogP contribution in [0.4, 0.5) is 10.5 Å². The second kappa shape index (κ2) is 6.73. The second-order valence-corrected chi connectivity index (χ2v) is 8.92. The van der Waals surface area contributed by atoms with Gasteiger partial charge in [0.2, 0.25) is 0 Å². The minimum atomic E-state index is -0.471. The molecule has 0 N–H and O–H groups in total. The van der Waals surface area contributed by atoms with Crippen molar-refractivity contribution in [3.05, 3.63) is 29.3 Å². The first kappa shape index (κ1) is 18.1. The fourth-order valence-electron chi connectivity index (χ4n) is 3.78. The molecule has 6 nitrogen and oxygen atoms in total. The highest BCUT2D eigenvalue weighted by atomic mass is 16.6. The lowest BCUT2D eigenvalue weighted by molar-refractivity contribution is 0.0240. The summed E-state index contributed by atoms with van der Waals surface area (Å²) in [4.78, 5) is 30.9. The fraction of sp³-hybridized carbons (Fsp3) is 0.619. The van der Waals surface area contributed by atoms with Gasteiger partial charge in [0, 0.05) is 50.5 Å². The molecule has 0 bridgehead atoms. The van der Waals surface area contributed by atoms with Gasteiger partial charge in [0.15, 0.2) is 0 Å². The van der Waals surface area contributed by atoms with Gasteiger partial charge in [-0.2, -0.15) is 0 Å². The molecule has 3 aliphatic rings. The van der Waals surface area contributed by atoms with Gasteiger partial charge >= 0.3 is 6.09 Å². The van der Waals surface area contributed by atoms with E-state index in [-0.39, 0.29) is 12.0 Å². The van der Waals surface area contributed by atoms with Crippen molar-refractivity contribution in [1.82, 2.24) is 9.80 Å². The molecule has 0 unspecified atom stereocenters. The second-order valence-electron chi connectivity index (χ2n) is 8.92. The van der Waals surface area contributed by atoms with E-state index in [0.717, 1.165) is 43.0 Å². The van der Waals surface area contributed by atoms with Crippen LogP contribution in [0, 0.1) is 5.92 Å². The molecule has 0 radical (unpaired) electrons. The molecular weight excluding hydrogens is 342 g/mol. The van der Waals surface area contributed by atoms with E-state index in [9.17, 15) is 9.59 Å². The van der Waals surface area contributed by atoms with Crippen molar-refractivity contribution >= 4 is 17.7 Å². The molecule has 0 aromatic heterocycles. The molecule has 2 aliphatic heterocycles. The van der Waals surface area contributed by atoms with Crippen molar-refractivity contribution < 1.29 is 14.3 Å². The van der Waals surface area contributed by atoms with Crippen LogP contribution in [-0.4, -0.2) is 60.1 Å². The molecule has 1 saturated carbocycles. The molecule has 27 heavy (non-hydrogen) atoms. The quantitative estimate of drug-likeness (QED) is 0.819. The number of amides is 2. The van der Waals surface area contributed by atoms with Gasteiger partial charge in [-0.1, -0.05) is 6.07 Å². The molecule has 1 aliphatic carbocycles. The Balaban J connectivity index is 1.38. The number of piperazine rings is 1. The first-order valence-corrected chi connectivity index (χ1v) is 9.95. The molecule has 1 aromatic rings. The van der Waals surface area contributed by atoms with Crippen LogP contribution in [0.25, 0.3) is 0 Å². The van der Waals surface area contributed by atoms with Gasteiger partial charge in [-0.25, -0.2) is 4.79 Å². The van der Waals surface area contributed by atoms with E-state index in [2.05, 4.69) is 17.0 Å². The fourth-order valence-corrected chi connectivity index (χ4v) is 3.78. The van der Waals surface area contributed by atoms with Crippen LogP contribution >= 0.6 is 0 Å². The predicted molar refractivity (Wildman–Crippen MR) is 104 cm³/mol. The molecule has 6 heteroatoms. The van der Waals surface area contributed by atoms with Gasteiger partial charge < -0.3 is 19.4 Å². The van der Waals surface area contributed by atoms with Crippen molar-refractivity contribution in [2.24, 2.45) is 5.92 Å². The van der Waals surface area contributed by atoms with Crippen LogP contribution in [0.15, 0.2) is 18.2 Å². The molecule has 0 spiro atoms. The number of benzene rings is 1. The van der Waals surface area contributed by atoms with Crippen LogP contribution in [-0.2, 0) is 11.3 Å². The summed E-state index contributed by atoms with van der Waals surface area (Å²) in [7, 11) is 0. The number of carbonyl (C=O) groups is 2. The largest absolute Gasteiger partial charge is 0.444 e. The van der Waals surface area contributed by atoms with Crippen molar-refractivity contribution in [2.75, 3.05) is 37.6 Å². The Hall–Kier alpha value is -2.24. The summed E-state index contributed by atoms with van der Waals surface area (Å²) in [6.45, 7) is 10.1. The van der Waals surface area contributed by atoms with Gasteiger partial charge in [0.1, 0.15) is 5.60 Å². The maximum Gasteiger partial charge on any atom is 0.410 e. The summed E-state index contributed by atoms with van der Waals surface area (Å²) in [6.07, 6.45) is 2.27. The summed E-state index contributed by atoms with van der Waals surface area (Å²) >= 11 is 0. The minimum Gasteiger partial charge on any atom is -0.444 e. The number of fused-ring (bicyclic) bond motifs is 1. The molecule has 1 aromatic carbocycles. The molecule has 2 fully saturated rings. The van der Waals surface area contributed by atoms with Crippen LogP contribution in [0.2, 0.25) is 0 Å². The average molecular weight is 371 g/mol. The zero-order chi connectivity index (χ0) is 19.2. The van der Waals surface area contributed by atoms with E-state index in [1.807, 2.05) is 31.7 Å². The Morgan fingerprint density at radius 1 is 1.15 bits per heavy atom. The summed E-state index contributed by atoms with van der Waals surface area (Å²) in [5.41, 5.74) is 2.58. The normalized spacial score (nSPS) is 20.1. The Morgan fingerprint density at radius 3 is 2.48 bits per heavy atom. The first-order chi connectivity index (χ1) is 12.8. The lowest BCUT2D eigenvalue weighted by Crippen LogP contribution is -2.50. The van der Waals surface area contributed by atoms with Gasteiger partial charge in [0.25, 0.3) is 5.91 Å². The van der Waals surface area contributed by atoms with Crippen molar-refractivity contribution in [2.45, 2.75) is 45.8 Å². The Kier molecular flexibility index (Phi) is 4.52. The Bertz CT molecular complexity index is 744. The summed E-state index contributed by atoms with van der Waals surface area (Å²) in [5.74, 6) is 0.884. The van der Waals surface area contributed by atoms with Crippen molar-refractivity contribution in [3.63, 3.8) is 0 Å². The summed E-state index contributed by atoms with van der Waals surface area (Å²) < 4.78 is 5.46. The Labute approximate surface area is 161 Å². The number of rotatable bonds is 3. The number of anilines is 1. The zero-order valence-electron chi connectivity index (χ0n) is 16.5. The van der Waals surface area contributed by atoms with E-state index < -0.39 is 5.60 Å². The highest BCUT2D eigenvalue weighted by molar-refractivity contribution is 5.99. The smallest absolute Gasteiger partial charge is 0.410 e. The van der Waals surface area contributed by atoms with Crippen molar-refractivity contribution in [3.8, 4) is 0 Å². The van der Waals surface area contributed by atoms with Crippen LogP contribution < -0.4 is 4.90 Å². The minimum absolute atomic E-state index is 0.172. The molecule has 4 rings (SSSR count). The molecule has 2 amide bonds. The highest BCUT2D eigenvalue weighted by Gasteiger charge is 2.33. The van der Waals surface area contributed by atoms with Gasteiger partial charge in [-0.3, -0.25) is 4.79 Å². The zero-order valence-corrected chi connectivity index (χ0v) is 16.5. The average Bonchev–Trinajstić information content (AvgIpc) is 3.38. The maximum atomic E-state index is 12.7. The SMILES string of the molecule is CC(C)(C)OC(=O)N1CCN(c2ccc3c(c2)C(=O)N(CC2CC2)C3)CC1. The molecule has 1 saturated heterocycles. The molecule has 146 valence electrons. The van der Waals surface area contributed by atoms with Crippen LogP contribution in [0.1, 0.15) is 49.5 Å². The number of nitrogens with zero attached hydrogens (tertiary/aromatic N) is 3. The van der Waals surface area contributed by atoms with E-state index in [4.69, 9.17) is 4.74 Å². The van der Waals surface area contributed by atoms with E-state index in [1.54, 1.807) is 4.90 Å². The topological polar surface area (TPSA) is 53.1 Å². The molecular formula is C21H29N3O3.